The van der Waals surface area contributed by atoms with E-state index in [4.69, 9.17) is 20.4 Å². The summed E-state index contributed by atoms with van der Waals surface area (Å²) < 4.78 is 6.00. The third kappa shape index (κ3) is 3.80. The van der Waals surface area contributed by atoms with Gasteiger partial charge in [0, 0.05) is 70.2 Å². The molecule has 0 bridgehead atoms. The normalized spacial score (nSPS) is 15.5. The number of hydrogen-bond acceptors (Lipinski definition) is 8. The maximum Gasteiger partial charge on any atom is 0.324 e. The molecule has 0 saturated carbocycles. The van der Waals surface area contributed by atoms with Gasteiger partial charge in [-0.25, -0.2) is 0 Å². The van der Waals surface area contributed by atoms with Crippen molar-refractivity contribution in [2.45, 2.75) is 6.42 Å². The quantitative estimate of drug-likeness (QED) is 0.494. The van der Waals surface area contributed by atoms with Gasteiger partial charge in [-0.05, 0) is 29.3 Å². The lowest BCUT2D eigenvalue weighted by molar-refractivity contribution is 0.264. The molecule has 0 amide bonds. The molecular formula is C23H27N7O. The van der Waals surface area contributed by atoms with Crippen LogP contribution in [0.5, 0.6) is 11.8 Å². The molecular weight excluding hydrogens is 390 g/mol. The molecule has 8 heteroatoms. The Morgan fingerprint density at radius 1 is 1.10 bits per heavy atom. The van der Waals surface area contributed by atoms with E-state index in [0.717, 1.165) is 61.9 Å². The first-order chi connectivity index (χ1) is 15.3. The first-order valence-corrected chi connectivity index (χ1v) is 10.7. The summed E-state index contributed by atoms with van der Waals surface area (Å²) >= 11 is 0. The minimum atomic E-state index is 0.366. The van der Waals surface area contributed by atoms with Gasteiger partial charge in [0.25, 0.3) is 0 Å². The fourth-order valence-electron chi connectivity index (χ4n) is 4.44. The van der Waals surface area contributed by atoms with Crippen molar-refractivity contribution in [3.05, 3.63) is 54.0 Å². The predicted octanol–water partition coefficient (Wildman–Crippen LogP) is 2.36. The van der Waals surface area contributed by atoms with Gasteiger partial charge in [0.05, 0.1) is 11.9 Å². The van der Waals surface area contributed by atoms with E-state index in [1.54, 1.807) is 12.4 Å². The second kappa shape index (κ2) is 8.49. The summed E-state index contributed by atoms with van der Waals surface area (Å²) in [6.07, 6.45) is 4.15. The van der Waals surface area contributed by atoms with Crippen LogP contribution in [0.1, 0.15) is 11.3 Å². The molecule has 1 aliphatic carbocycles. The summed E-state index contributed by atoms with van der Waals surface area (Å²) in [6.45, 7) is 5.36. The molecule has 1 aromatic carbocycles. The van der Waals surface area contributed by atoms with Crippen molar-refractivity contribution in [3.8, 4) is 22.9 Å². The SMILES string of the molecule is CNc1cccc2c1Cc1nc(Oc3cccnc3)nc(N3CCN(CCN)CC3)c1-2. The number of hydrogen-bond donors (Lipinski definition) is 2. The fourth-order valence-corrected chi connectivity index (χ4v) is 4.44. The van der Waals surface area contributed by atoms with Crippen LogP contribution in [0.4, 0.5) is 11.5 Å². The van der Waals surface area contributed by atoms with E-state index in [-0.39, 0.29) is 0 Å². The molecule has 0 spiro atoms. The Hall–Kier alpha value is -3.23. The number of benzene rings is 1. The van der Waals surface area contributed by atoms with E-state index in [1.807, 2.05) is 19.2 Å². The summed E-state index contributed by atoms with van der Waals surface area (Å²) in [5, 5.41) is 3.32. The zero-order chi connectivity index (χ0) is 21.2. The molecule has 2 aliphatic rings. The number of aromatic nitrogens is 3. The average Bonchev–Trinajstić information content (AvgIpc) is 3.18. The van der Waals surface area contributed by atoms with Crippen LogP contribution in [-0.2, 0) is 6.42 Å². The summed E-state index contributed by atoms with van der Waals surface area (Å²) in [4.78, 5) is 18.6. The van der Waals surface area contributed by atoms with E-state index in [2.05, 4.69) is 38.3 Å². The van der Waals surface area contributed by atoms with Crippen LogP contribution in [0, 0.1) is 0 Å². The summed E-state index contributed by atoms with van der Waals surface area (Å²) in [5.41, 5.74) is 11.5. The smallest absolute Gasteiger partial charge is 0.324 e. The molecule has 5 rings (SSSR count). The van der Waals surface area contributed by atoms with Gasteiger partial charge in [-0.2, -0.15) is 9.97 Å². The lowest BCUT2D eigenvalue weighted by atomic mass is 10.0. The third-order valence-electron chi connectivity index (χ3n) is 5.96. The van der Waals surface area contributed by atoms with Crippen molar-refractivity contribution >= 4 is 11.5 Å². The van der Waals surface area contributed by atoms with Crippen LogP contribution in [0.3, 0.4) is 0 Å². The zero-order valence-corrected chi connectivity index (χ0v) is 17.7. The number of nitrogens with two attached hydrogens (primary N) is 1. The van der Waals surface area contributed by atoms with Crippen LogP contribution in [0.15, 0.2) is 42.7 Å². The number of pyridine rings is 1. The monoisotopic (exact) mass is 417 g/mol. The molecule has 1 saturated heterocycles. The zero-order valence-electron chi connectivity index (χ0n) is 17.7. The number of fused-ring (bicyclic) bond motifs is 3. The topological polar surface area (TPSA) is 92.4 Å². The molecule has 1 fully saturated rings. The van der Waals surface area contributed by atoms with Gasteiger partial charge >= 0.3 is 6.01 Å². The van der Waals surface area contributed by atoms with Crippen LogP contribution in [0.2, 0.25) is 0 Å². The maximum atomic E-state index is 6.00. The van der Waals surface area contributed by atoms with Gasteiger partial charge in [-0.1, -0.05) is 12.1 Å². The Bertz CT molecular complexity index is 1070. The summed E-state index contributed by atoms with van der Waals surface area (Å²) in [5.74, 6) is 1.58. The third-order valence-corrected chi connectivity index (χ3v) is 5.96. The molecule has 8 nitrogen and oxygen atoms in total. The minimum absolute atomic E-state index is 0.366. The Balaban J connectivity index is 1.54. The Kier molecular flexibility index (Phi) is 5.40. The van der Waals surface area contributed by atoms with Gasteiger partial charge in [-0.15, -0.1) is 0 Å². The highest BCUT2D eigenvalue weighted by molar-refractivity contribution is 5.88. The summed E-state index contributed by atoms with van der Waals surface area (Å²) in [7, 11) is 1.96. The predicted molar refractivity (Wildman–Crippen MR) is 122 cm³/mol. The summed E-state index contributed by atoms with van der Waals surface area (Å²) in [6, 6.07) is 10.4. The highest BCUT2D eigenvalue weighted by Crippen LogP contribution is 2.45. The largest absolute Gasteiger partial charge is 0.423 e. The molecule has 160 valence electrons. The molecule has 1 aliphatic heterocycles. The molecule has 3 aromatic rings. The number of rotatable bonds is 6. The number of piperazine rings is 1. The lowest BCUT2D eigenvalue weighted by Crippen LogP contribution is -2.48. The fraction of sp³-hybridized carbons (Fsp3) is 0.348. The average molecular weight is 418 g/mol. The molecule has 0 atom stereocenters. The van der Waals surface area contributed by atoms with Crippen LogP contribution in [0.25, 0.3) is 11.1 Å². The van der Waals surface area contributed by atoms with Gasteiger partial charge in [0.2, 0.25) is 0 Å². The van der Waals surface area contributed by atoms with E-state index in [1.165, 1.54) is 11.1 Å². The highest BCUT2D eigenvalue weighted by Gasteiger charge is 2.30. The molecule has 0 unspecified atom stereocenters. The van der Waals surface area contributed by atoms with Crippen molar-refractivity contribution in [3.63, 3.8) is 0 Å². The van der Waals surface area contributed by atoms with Crippen molar-refractivity contribution in [1.82, 2.24) is 19.9 Å². The van der Waals surface area contributed by atoms with E-state index in [0.29, 0.717) is 18.3 Å². The van der Waals surface area contributed by atoms with E-state index >= 15 is 0 Å². The van der Waals surface area contributed by atoms with Crippen LogP contribution >= 0.6 is 0 Å². The second-order valence-electron chi connectivity index (χ2n) is 7.82. The van der Waals surface area contributed by atoms with Gasteiger partial charge in [0.15, 0.2) is 0 Å². The number of nitrogens with one attached hydrogen (secondary N) is 1. The Morgan fingerprint density at radius 3 is 2.71 bits per heavy atom. The first-order valence-electron chi connectivity index (χ1n) is 10.7. The van der Waals surface area contributed by atoms with Crippen molar-refractivity contribution in [1.29, 1.82) is 0 Å². The molecule has 0 radical (unpaired) electrons. The van der Waals surface area contributed by atoms with Crippen LogP contribution < -0.4 is 20.7 Å². The maximum absolute atomic E-state index is 6.00. The second-order valence-corrected chi connectivity index (χ2v) is 7.82. The first kappa shape index (κ1) is 19.7. The molecule has 2 aromatic heterocycles. The van der Waals surface area contributed by atoms with Gasteiger partial charge in [-0.3, -0.25) is 9.88 Å². The van der Waals surface area contributed by atoms with Gasteiger partial charge < -0.3 is 20.7 Å². The van der Waals surface area contributed by atoms with E-state index < -0.39 is 0 Å². The standard InChI is InChI=1S/C23H27N7O/c1-25-19-6-2-5-17-18(19)14-20-21(17)22(30-12-10-29(9-7-24)11-13-30)28-23(27-20)31-16-4-3-8-26-15-16/h2-6,8,15,25H,7,9-14,24H2,1H3. The van der Waals surface area contributed by atoms with Crippen LogP contribution in [-0.4, -0.2) is 66.2 Å². The number of anilines is 2. The highest BCUT2D eigenvalue weighted by atomic mass is 16.5. The molecule has 3 heterocycles. The minimum Gasteiger partial charge on any atom is -0.423 e. The molecule has 31 heavy (non-hydrogen) atoms. The Labute approximate surface area is 182 Å². The van der Waals surface area contributed by atoms with Crippen molar-refractivity contribution in [2.24, 2.45) is 5.73 Å². The lowest BCUT2D eigenvalue weighted by Gasteiger charge is -2.36. The van der Waals surface area contributed by atoms with Crippen molar-refractivity contribution < 1.29 is 4.74 Å². The number of ether oxygens (including phenoxy) is 1. The number of nitrogens with zero attached hydrogens (tertiary/aromatic N) is 5. The van der Waals surface area contributed by atoms with Crippen molar-refractivity contribution in [2.75, 3.05) is 56.5 Å². The van der Waals surface area contributed by atoms with E-state index in [9.17, 15) is 0 Å². The van der Waals surface area contributed by atoms with Gasteiger partial charge in [0.1, 0.15) is 11.6 Å². The Morgan fingerprint density at radius 2 is 1.97 bits per heavy atom. The molecule has 3 N–H and O–H groups in total.